The summed E-state index contributed by atoms with van der Waals surface area (Å²) in [6.45, 7) is 0. The summed E-state index contributed by atoms with van der Waals surface area (Å²) in [5.41, 5.74) is 1.73. The Morgan fingerprint density at radius 2 is 1.70 bits per heavy atom. The van der Waals surface area contributed by atoms with Crippen LogP contribution in [0.2, 0.25) is 5.02 Å². The third-order valence-corrected chi connectivity index (χ3v) is 3.31. The molecule has 1 N–H and O–H groups in total. The summed E-state index contributed by atoms with van der Waals surface area (Å²) in [5.74, 6) is 1.31. The third kappa shape index (κ3) is 3.65. The second-order valence-corrected chi connectivity index (χ2v) is 4.93. The van der Waals surface area contributed by atoms with Crippen LogP contribution in [-0.2, 0) is 6.42 Å². The number of rotatable bonds is 5. The standard InChI is InChI=1S/C16H17ClO3/c1-19-14-8-12(9-15(10-14)20-2)16(18)7-11-4-3-5-13(17)6-11/h3-6,8-10,16,18H,7H2,1-2H3. The molecule has 106 valence electrons. The van der Waals surface area contributed by atoms with Gasteiger partial charge in [-0.1, -0.05) is 23.7 Å². The summed E-state index contributed by atoms with van der Waals surface area (Å²) < 4.78 is 10.4. The lowest BCUT2D eigenvalue weighted by Crippen LogP contribution is -2.03. The summed E-state index contributed by atoms with van der Waals surface area (Å²) in [6, 6.07) is 12.8. The highest BCUT2D eigenvalue weighted by Gasteiger charge is 2.12. The van der Waals surface area contributed by atoms with Crippen molar-refractivity contribution >= 4 is 11.6 Å². The van der Waals surface area contributed by atoms with Gasteiger partial charge in [0.25, 0.3) is 0 Å². The Hall–Kier alpha value is -1.71. The molecule has 0 radical (unpaired) electrons. The number of aliphatic hydroxyl groups is 1. The first kappa shape index (κ1) is 14.7. The second kappa shape index (κ2) is 6.64. The molecule has 0 amide bonds. The molecule has 0 saturated heterocycles. The molecule has 2 aromatic rings. The van der Waals surface area contributed by atoms with Gasteiger partial charge in [0, 0.05) is 17.5 Å². The first-order valence-electron chi connectivity index (χ1n) is 6.28. The van der Waals surface area contributed by atoms with Gasteiger partial charge in [-0.05, 0) is 35.4 Å². The van der Waals surface area contributed by atoms with Gasteiger partial charge in [0.2, 0.25) is 0 Å². The molecule has 2 aromatic carbocycles. The maximum atomic E-state index is 10.4. The Morgan fingerprint density at radius 1 is 1.05 bits per heavy atom. The van der Waals surface area contributed by atoms with Gasteiger partial charge in [0.1, 0.15) is 11.5 Å². The molecule has 0 aliphatic carbocycles. The minimum atomic E-state index is -0.641. The van der Waals surface area contributed by atoms with E-state index in [0.717, 1.165) is 11.1 Å². The van der Waals surface area contributed by atoms with Gasteiger partial charge in [-0.2, -0.15) is 0 Å². The quantitative estimate of drug-likeness (QED) is 0.914. The number of halogens is 1. The lowest BCUT2D eigenvalue weighted by molar-refractivity contribution is 0.177. The van der Waals surface area contributed by atoms with Crippen LogP contribution in [0, 0.1) is 0 Å². The fourth-order valence-electron chi connectivity index (χ4n) is 2.03. The molecule has 0 heterocycles. The van der Waals surface area contributed by atoms with Gasteiger partial charge in [-0.3, -0.25) is 0 Å². The van der Waals surface area contributed by atoms with E-state index >= 15 is 0 Å². The van der Waals surface area contributed by atoms with Crippen LogP contribution in [0.1, 0.15) is 17.2 Å². The fraction of sp³-hybridized carbons (Fsp3) is 0.250. The van der Waals surface area contributed by atoms with E-state index in [1.54, 1.807) is 32.4 Å². The zero-order chi connectivity index (χ0) is 14.5. The van der Waals surface area contributed by atoms with Gasteiger partial charge in [-0.15, -0.1) is 0 Å². The topological polar surface area (TPSA) is 38.7 Å². The Morgan fingerprint density at radius 3 is 2.25 bits per heavy atom. The van der Waals surface area contributed by atoms with Crippen LogP contribution in [-0.4, -0.2) is 19.3 Å². The summed E-state index contributed by atoms with van der Waals surface area (Å²) in [6.07, 6.45) is -0.158. The van der Waals surface area contributed by atoms with E-state index in [9.17, 15) is 5.11 Å². The smallest absolute Gasteiger partial charge is 0.122 e. The number of ether oxygens (including phenoxy) is 2. The fourth-order valence-corrected chi connectivity index (χ4v) is 2.24. The van der Waals surface area contributed by atoms with Crippen molar-refractivity contribution in [3.8, 4) is 11.5 Å². The molecule has 0 saturated carbocycles. The second-order valence-electron chi connectivity index (χ2n) is 4.50. The average molecular weight is 293 g/mol. The Kier molecular flexibility index (Phi) is 4.88. The average Bonchev–Trinajstić information content (AvgIpc) is 2.46. The molecule has 1 atom stereocenters. The van der Waals surface area contributed by atoms with Crippen molar-refractivity contribution in [2.24, 2.45) is 0 Å². The molecule has 0 aromatic heterocycles. The lowest BCUT2D eigenvalue weighted by Gasteiger charge is -2.14. The maximum Gasteiger partial charge on any atom is 0.122 e. The molecule has 3 nitrogen and oxygen atoms in total. The molecule has 0 bridgehead atoms. The number of hydrogen-bond donors (Lipinski definition) is 1. The van der Waals surface area contributed by atoms with Crippen LogP contribution in [0.25, 0.3) is 0 Å². The molecular formula is C16H17ClO3. The number of benzene rings is 2. The monoisotopic (exact) mass is 292 g/mol. The van der Waals surface area contributed by atoms with E-state index in [4.69, 9.17) is 21.1 Å². The van der Waals surface area contributed by atoms with Crippen LogP contribution in [0.15, 0.2) is 42.5 Å². The largest absolute Gasteiger partial charge is 0.497 e. The Bertz CT molecular complexity index is 561. The van der Waals surface area contributed by atoms with Gasteiger partial charge in [0.05, 0.1) is 20.3 Å². The van der Waals surface area contributed by atoms with Crippen LogP contribution in [0.4, 0.5) is 0 Å². The number of methoxy groups -OCH3 is 2. The molecule has 1 unspecified atom stereocenters. The van der Waals surface area contributed by atoms with Crippen LogP contribution >= 0.6 is 11.6 Å². The van der Waals surface area contributed by atoms with Crippen molar-refractivity contribution in [1.29, 1.82) is 0 Å². The molecule has 0 aliphatic rings. The zero-order valence-corrected chi connectivity index (χ0v) is 12.2. The van der Waals surface area contributed by atoms with E-state index in [2.05, 4.69) is 0 Å². The summed E-state index contributed by atoms with van der Waals surface area (Å²) >= 11 is 5.95. The highest BCUT2D eigenvalue weighted by Crippen LogP contribution is 2.28. The van der Waals surface area contributed by atoms with Crippen molar-refractivity contribution in [3.05, 3.63) is 58.6 Å². The van der Waals surface area contributed by atoms with Gasteiger partial charge < -0.3 is 14.6 Å². The van der Waals surface area contributed by atoms with Crippen LogP contribution < -0.4 is 9.47 Å². The van der Waals surface area contributed by atoms with Crippen molar-refractivity contribution in [1.82, 2.24) is 0 Å². The number of aliphatic hydroxyl groups excluding tert-OH is 1. The van der Waals surface area contributed by atoms with E-state index in [1.165, 1.54) is 0 Å². The molecule has 0 aliphatic heterocycles. The Labute approximate surface area is 123 Å². The minimum Gasteiger partial charge on any atom is -0.497 e. The third-order valence-electron chi connectivity index (χ3n) is 3.08. The van der Waals surface area contributed by atoms with Crippen molar-refractivity contribution in [2.45, 2.75) is 12.5 Å². The predicted molar refractivity (Wildman–Crippen MR) is 79.7 cm³/mol. The van der Waals surface area contributed by atoms with Crippen molar-refractivity contribution in [3.63, 3.8) is 0 Å². The first-order chi connectivity index (χ1) is 9.62. The minimum absolute atomic E-state index is 0.483. The Balaban J connectivity index is 2.22. The molecular weight excluding hydrogens is 276 g/mol. The molecule has 0 spiro atoms. The van der Waals surface area contributed by atoms with E-state index in [-0.39, 0.29) is 0 Å². The van der Waals surface area contributed by atoms with Crippen molar-refractivity contribution < 1.29 is 14.6 Å². The zero-order valence-electron chi connectivity index (χ0n) is 11.5. The SMILES string of the molecule is COc1cc(OC)cc(C(O)Cc2cccc(Cl)c2)c1. The van der Waals surface area contributed by atoms with Crippen LogP contribution in [0.3, 0.4) is 0 Å². The van der Waals surface area contributed by atoms with Gasteiger partial charge in [-0.25, -0.2) is 0 Å². The van der Waals surface area contributed by atoms with E-state index < -0.39 is 6.10 Å². The predicted octanol–water partition coefficient (Wildman–Crippen LogP) is 3.63. The summed E-state index contributed by atoms with van der Waals surface area (Å²) in [5, 5.41) is 11.0. The van der Waals surface area contributed by atoms with Crippen LogP contribution in [0.5, 0.6) is 11.5 Å². The summed E-state index contributed by atoms with van der Waals surface area (Å²) in [7, 11) is 3.17. The molecule has 20 heavy (non-hydrogen) atoms. The maximum absolute atomic E-state index is 10.4. The van der Waals surface area contributed by atoms with Gasteiger partial charge in [0.15, 0.2) is 0 Å². The van der Waals surface area contributed by atoms with E-state index in [1.807, 2.05) is 24.3 Å². The molecule has 4 heteroatoms. The molecule has 0 fully saturated rings. The van der Waals surface area contributed by atoms with Crippen molar-refractivity contribution in [2.75, 3.05) is 14.2 Å². The molecule has 2 rings (SSSR count). The summed E-state index contributed by atoms with van der Waals surface area (Å²) in [4.78, 5) is 0. The normalized spacial score (nSPS) is 12.0. The lowest BCUT2D eigenvalue weighted by atomic mass is 10.0. The first-order valence-corrected chi connectivity index (χ1v) is 6.65. The van der Waals surface area contributed by atoms with Gasteiger partial charge >= 0.3 is 0 Å². The van der Waals surface area contributed by atoms with E-state index in [0.29, 0.717) is 22.9 Å². The highest BCUT2D eigenvalue weighted by molar-refractivity contribution is 6.30. The highest BCUT2D eigenvalue weighted by atomic mass is 35.5. The number of hydrogen-bond acceptors (Lipinski definition) is 3.